The van der Waals surface area contributed by atoms with Crippen molar-refractivity contribution in [1.29, 1.82) is 0 Å². The maximum Gasteiger partial charge on any atom is 0.341 e. The highest BCUT2D eigenvalue weighted by molar-refractivity contribution is 5.95. The highest BCUT2D eigenvalue weighted by Crippen LogP contribution is 2.27. The fraction of sp³-hybridized carbons (Fsp3) is 0.333. The van der Waals surface area contributed by atoms with Gasteiger partial charge >= 0.3 is 5.97 Å². The number of carbonyl (C=O) groups is 1. The molecule has 5 nitrogen and oxygen atoms in total. The van der Waals surface area contributed by atoms with E-state index in [4.69, 9.17) is 8.94 Å². The largest absolute Gasteiger partial charge is 0.477 e. The second-order valence-electron chi connectivity index (χ2n) is 3.79. The first kappa shape index (κ1) is 11.4. The molecule has 0 aliphatic carbocycles. The van der Waals surface area contributed by atoms with Gasteiger partial charge in [-0.2, -0.15) is 0 Å². The predicted molar refractivity (Wildman–Crippen MR) is 59.9 cm³/mol. The third-order valence-electron chi connectivity index (χ3n) is 2.43. The zero-order valence-electron chi connectivity index (χ0n) is 9.69. The van der Waals surface area contributed by atoms with Crippen LogP contribution in [-0.4, -0.2) is 16.2 Å². The molecule has 2 aromatic heterocycles. The first-order chi connectivity index (χ1) is 8.13. The Morgan fingerprint density at radius 3 is 2.76 bits per heavy atom. The van der Waals surface area contributed by atoms with Crippen molar-refractivity contribution in [1.82, 2.24) is 5.16 Å². The SMILES string of the molecule is CCCc1onc(-c2ccc(C)o2)c1C(=O)O. The summed E-state index contributed by atoms with van der Waals surface area (Å²) in [7, 11) is 0. The van der Waals surface area contributed by atoms with Crippen molar-refractivity contribution in [3.63, 3.8) is 0 Å². The quantitative estimate of drug-likeness (QED) is 0.881. The van der Waals surface area contributed by atoms with Gasteiger partial charge in [-0.1, -0.05) is 12.1 Å². The van der Waals surface area contributed by atoms with Crippen molar-refractivity contribution in [3.05, 3.63) is 29.2 Å². The van der Waals surface area contributed by atoms with Crippen LogP contribution in [0.1, 0.15) is 35.2 Å². The van der Waals surface area contributed by atoms with Gasteiger partial charge in [0, 0.05) is 6.42 Å². The number of rotatable bonds is 4. The molecule has 1 N–H and O–H groups in total. The highest BCUT2D eigenvalue weighted by Gasteiger charge is 2.24. The van der Waals surface area contributed by atoms with Crippen molar-refractivity contribution in [2.24, 2.45) is 0 Å². The monoisotopic (exact) mass is 235 g/mol. The topological polar surface area (TPSA) is 76.5 Å². The minimum atomic E-state index is -1.04. The first-order valence-electron chi connectivity index (χ1n) is 5.42. The zero-order valence-corrected chi connectivity index (χ0v) is 9.69. The summed E-state index contributed by atoms with van der Waals surface area (Å²) in [6.45, 7) is 3.74. The van der Waals surface area contributed by atoms with Crippen LogP contribution in [0, 0.1) is 6.92 Å². The van der Waals surface area contributed by atoms with Gasteiger partial charge < -0.3 is 14.0 Å². The average molecular weight is 235 g/mol. The van der Waals surface area contributed by atoms with Crippen LogP contribution in [0.4, 0.5) is 0 Å². The lowest BCUT2D eigenvalue weighted by Gasteiger charge is -1.95. The van der Waals surface area contributed by atoms with Gasteiger partial charge in [0.15, 0.2) is 17.2 Å². The number of carboxylic acid groups (broad SMARTS) is 1. The number of nitrogens with zero attached hydrogens (tertiary/aromatic N) is 1. The summed E-state index contributed by atoms with van der Waals surface area (Å²) in [6, 6.07) is 3.45. The van der Waals surface area contributed by atoms with E-state index in [2.05, 4.69) is 5.16 Å². The van der Waals surface area contributed by atoms with Crippen LogP contribution in [-0.2, 0) is 6.42 Å². The number of hydrogen-bond acceptors (Lipinski definition) is 4. The lowest BCUT2D eigenvalue weighted by molar-refractivity contribution is 0.0695. The zero-order chi connectivity index (χ0) is 12.4. The number of aromatic carboxylic acids is 1. The molecule has 0 unspecified atom stereocenters. The number of hydrogen-bond donors (Lipinski definition) is 1. The van der Waals surface area contributed by atoms with Crippen LogP contribution >= 0.6 is 0 Å². The molecule has 0 aliphatic heterocycles. The van der Waals surface area contributed by atoms with E-state index in [0.29, 0.717) is 23.7 Å². The molecule has 17 heavy (non-hydrogen) atoms. The molecule has 0 fully saturated rings. The standard InChI is InChI=1S/C12H13NO4/c1-3-4-8-10(12(14)15)11(13-17-8)9-6-5-7(2)16-9/h5-6H,3-4H2,1-2H3,(H,14,15). The summed E-state index contributed by atoms with van der Waals surface area (Å²) in [6.07, 6.45) is 1.35. The maximum atomic E-state index is 11.2. The second-order valence-corrected chi connectivity index (χ2v) is 3.79. The molecule has 0 saturated heterocycles. The first-order valence-corrected chi connectivity index (χ1v) is 5.42. The summed E-state index contributed by atoms with van der Waals surface area (Å²) in [5.41, 5.74) is 0.357. The molecule has 0 saturated carbocycles. The Morgan fingerprint density at radius 2 is 2.24 bits per heavy atom. The van der Waals surface area contributed by atoms with Crippen molar-refractivity contribution in [2.75, 3.05) is 0 Å². The molecule has 2 rings (SSSR count). The Hall–Kier alpha value is -2.04. The summed E-state index contributed by atoms with van der Waals surface area (Å²) < 4.78 is 10.4. The van der Waals surface area contributed by atoms with Gasteiger partial charge in [0.2, 0.25) is 0 Å². The summed E-state index contributed by atoms with van der Waals surface area (Å²) in [5, 5.41) is 13.0. The van der Waals surface area contributed by atoms with Crippen molar-refractivity contribution in [3.8, 4) is 11.5 Å². The van der Waals surface area contributed by atoms with Gasteiger partial charge in [-0.15, -0.1) is 0 Å². The van der Waals surface area contributed by atoms with Crippen LogP contribution < -0.4 is 0 Å². The van der Waals surface area contributed by atoms with E-state index in [9.17, 15) is 9.90 Å². The van der Waals surface area contributed by atoms with Crippen molar-refractivity contribution in [2.45, 2.75) is 26.7 Å². The molecule has 0 bridgehead atoms. The van der Waals surface area contributed by atoms with E-state index >= 15 is 0 Å². The van der Waals surface area contributed by atoms with Crippen molar-refractivity contribution < 1.29 is 18.8 Å². The molecule has 2 aromatic rings. The summed E-state index contributed by atoms with van der Waals surface area (Å²) in [4.78, 5) is 11.2. The molecule has 0 aliphatic rings. The number of furan rings is 1. The van der Waals surface area contributed by atoms with Gasteiger partial charge in [0.1, 0.15) is 11.3 Å². The van der Waals surface area contributed by atoms with Crippen LogP contribution in [0.15, 0.2) is 21.1 Å². The van der Waals surface area contributed by atoms with Gasteiger partial charge in [-0.05, 0) is 25.5 Å². The fourth-order valence-electron chi connectivity index (χ4n) is 1.67. The summed E-state index contributed by atoms with van der Waals surface area (Å²) in [5.74, 6) is 0.477. The van der Waals surface area contributed by atoms with Gasteiger partial charge in [-0.3, -0.25) is 0 Å². The van der Waals surface area contributed by atoms with Crippen LogP contribution in [0.2, 0.25) is 0 Å². The Bertz CT molecular complexity index is 538. The molecule has 0 amide bonds. The number of aryl methyl sites for hydroxylation is 2. The molecule has 0 aromatic carbocycles. The number of aromatic nitrogens is 1. The molecule has 5 heteroatoms. The number of carboxylic acids is 1. The molecule has 90 valence electrons. The average Bonchev–Trinajstić information content (AvgIpc) is 2.84. The molecular weight excluding hydrogens is 222 g/mol. The van der Waals surface area contributed by atoms with Gasteiger partial charge in [0.25, 0.3) is 0 Å². The van der Waals surface area contributed by atoms with E-state index in [1.807, 2.05) is 6.92 Å². The Labute approximate surface area is 98.0 Å². The van der Waals surface area contributed by atoms with Crippen LogP contribution in [0.3, 0.4) is 0 Å². The van der Waals surface area contributed by atoms with E-state index in [1.165, 1.54) is 0 Å². The normalized spacial score (nSPS) is 10.7. The van der Waals surface area contributed by atoms with Crippen LogP contribution in [0.5, 0.6) is 0 Å². The maximum absolute atomic E-state index is 11.2. The summed E-state index contributed by atoms with van der Waals surface area (Å²) >= 11 is 0. The molecule has 2 heterocycles. The molecule has 0 atom stereocenters. The molecule has 0 spiro atoms. The smallest absolute Gasteiger partial charge is 0.341 e. The third-order valence-corrected chi connectivity index (χ3v) is 2.43. The molecule has 0 radical (unpaired) electrons. The lowest BCUT2D eigenvalue weighted by atomic mass is 10.1. The van der Waals surface area contributed by atoms with Gasteiger partial charge in [0.05, 0.1) is 0 Å². The van der Waals surface area contributed by atoms with E-state index in [-0.39, 0.29) is 11.3 Å². The van der Waals surface area contributed by atoms with Gasteiger partial charge in [-0.25, -0.2) is 4.79 Å². The fourth-order valence-corrected chi connectivity index (χ4v) is 1.67. The Kier molecular flexibility index (Phi) is 2.99. The van der Waals surface area contributed by atoms with Crippen LogP contribution in [0.25, 0.3) is 11.5 Å². The predicted octanol–water partition coefficient (Wildman–Crippen LogP) is 2.89. The van der Waals surface area contributed by atoms with Crippen molar-refractivity contribution >= 4 is 5.97 Å². The van der Waals surface area contributed by atoms with E-state index < -0.39 is 5.97 Å². The Morgan fingerprint density at radius 1 is 1.47 bits per heavy atom. The molecular formula is C12H13NO4. The van der Waals surface area contributed by atoms with E-state index in [1.54, 1.807) is 19.1 Å². The lowest BCUT2D eigenvalue weighted by Crippen LogP contribution is -2.01. The second kappa shape index (κ2) is 4.45. The highest BCUT2D eigenvalue weighted by atomic mass is 16.5. The Balaban J connectivity index is 2.50. The third kappa shape index (κ3) is 2.08. The van der Waals surface area contributed by atoms with E-state index in [0.717, 1.165) is 6.42 Å². The minimum Gasteiger partial charge on any atom is -0.477 e. The minimum absolute atomic E-state index is 0.0983.